The molecule has 0 aliphatic carbocycles. The first-order valence-electron chi connectivity index (χ1n) is 8.92. The van der Waals surface area contributed by atoms with E-state index in [2.05, 4.69) is 19.9 Å². The summed E-state index contributed by atoms with van der Waals surface area (Å²) in [5.41, 5.74) is 2.49. The van der Waals surface area contributed by atoms with Gasteiger partial charge in [0.15, 0.2) is 0 Å². The van der Waals surface area contributed by atoms with Gasteiger partial charge in [0.25, 0.3) is 5.56 Å². The Labute approximate surface area is 152 Å². The van der Waals surface area contributed by atoms with Gasteiger partial charge in [-0.15, -0.1) is 0 Å². The summed E-state index contributed by atoms with van der Waals surface area (Å²) >= 11 is 0. The third-order valence-corrected chi connectivity index (χ3v) is 4.72. The van der Waals surface area contributed by atoms with Crippen molar-refractivity contribution in [2.75, 3.05) is 13.1 Å². The van der Waals surface area contributed by atoms with E-state index in [0.717, 1.165) is 49.6 Å². The molecule has 132 valence electrons. The molecule has 0 saturated carbocycles. The molecular weight excluding hydrogens is 326 g/mol. The SMILES string of the molecule is O=c1cc(-c2cccnc2)nc(C2CCCN(Cc3ccccn3)C2)[nH]1. The third-order valence-electron chi connectivity index (χ3n) is 4.72. The Bertz CT molecular complexity index is 910. The van der Waals surface area contributed by atoms with Crippen LogP contribution in [0, 0.1) is 0 Å². The Kier molecular flexibility index (Phi) is 4.84. The van der Waals surface area contributed by atoms with Crippen LogP contribution in [0.4, 0.5) is 0 Å². The van der Waals surface area contributed by atoms with Crippen molar-refractivity contribution in [2.45, 2.75) is 25.3 Å². The Hall–Kier alpha value is -2.86. The smallest absolute Gasteiger partial charge is 0.251 e. The van der Waals surface area contributed by atoms with E-state index in [0.29, 0.717) is 5.69 Å². The highest BCUT2D eigenvalue weighted by atomic mass is 16.1. The molecule has 1 aliphatic rings. The molecule has 1 fully saturated rings. The molecule has 3 aromatic rings. The summed E-state index contributed by atoms with van der Waals surface area (Å²) in [7, 11) is 0. The van der Waals surface area contributed by atoms with E-state index in [1.54, 1.807) is 12.4 Å². The second-order valence-corrected chi connectivity index (χ2v) is 6.65. The van der Waals surface area contributed by atoms with Crippen molar-refractivity contribution in [3.63, 3.8) is 0 Å². The van der Waals surface area contributed by atoms with Crippen LogP contribution in [-0.4, -0.2) is 37.9 Å². The monoisotopic (exact) mass is 347 g/mol. The lowest BCUT2D eigenvalue weighted by molar-refractivity contribution is 0.194. The summed E-state index contributed by atoms with van der Waals surface area (Å²) in [4.78, 5) is 30.8. The highest BCUT2D eigenvalue weighted by Crippen LogP contribution is 2.26. The van der Waals surface area contributed by atoms with Crippen molar-refractivity contribution >= 4 is 0 Å². The fourth-order valence-corrected chi connectivity index (χ4v) is 3.48. The first-order valence-corrected chi connectivity index (χ1v) is 8.92. The van der Waals surface area contributed by atoms with Crippen molar-refractivity contribution in [1.29, 1.82) is 0 Å². The summed E-state index contributed by atoms with van der Waals surface area (Å²) in [5.74, 6) is 0.985. The van der Waals surface area contributed by atoms with Gasteiger partial charge in [0.2, 0.25) is 0 Å². The quantitative estimate of drug-likeness (QED) is 0.785. The van der Waals surface area contributed by atoms with Gasteiger partial charge < -0.3 is 4.98 Å². The van der Waals surface area contributed by atoms with E-state index >= 15 is 0 Å². The van der Waals surface area contributed by atoms with Crippen LogP contribution >= 0.6 is 0 Å². The van der Waals surface area contributed by atoms with Gasteiger partial charge in [-0.1, -0.05) is 6.07 Å². The average Bonchev–Trinajstić information content (AvgIpc) is 2.69. The molecule has 0 amide bonds. The van der Waals surface area contributed by atoms with E-state index in [1.807, 2.05) is 36.5 Å². The number of piperidine rings is 1. The number of aromatic nitrogens is 4. The molecule has 0 aromatic carbocycles. The molecule has 6 nitrogen and oxygen atoms in total. The van der Waals surface area contributed by atoms with Crippen LogP contribution < -0.4 is 5.56 Å². The maximum Gasteiger partial charge on any atom is 0.251 e. The van der Waals surface area contributed by atoms with E-state index in [9.17, 15) is 4.79 Å². The summed E-state index contributed by atoms with van der Waals surface area (Å²) < 4.78 is 0. The Morgan fingerprint density at radius 3 is 2.96 bits per heavy atom. The number of nitrogens with one attached hydrogen (secondary N) is 1. The van der Waals surface area contributed by atoms with Gasteiger partial charge in [-0.3, -0.25) is 19.7 Å². The summed E-state index contributed by atoms with van der Waals surface area (Å²) in [6, 6.07) is 11.3. The topological polar surface area (TPSA) is 74.8 Å². The number of hydrogen-bond acceptors (Lipinski definition) is 5. The number of hydrogen-bond donors (Lipinski definition) is 1. The van der Waals surface area contributed by atoms with Gasteiger partial charge in [0.05, 0.1) is 11.4 Å². The van der Waals surface area contributed by atoms with Gasteiger partial charge in [-0.2, -0.15) is 0 Å². The second kappa shape index (κ2) is 7.58. The molecule has 0 radical (unpaired) electrons. The lowest BCUT2D eigenvalue weighted by atomic mass is 9.96. The van der Waals surface area contributed by atoms with Crippen LogP contribution in [0.25, 0.3) is 11.3 Å². The summed E-state index contributed by atoms with van der Waals surface area (Å²) in [6.07, 6.45) is 7.39. The van der Waals surface area contributed by atoms with Crippen LogP contribution in [0.5, 0.6) is 0 Å². The van der Waals surface area contributed by atoms with Gasteiger partial charge in [-0.25, -0.2) is 4.98 Å². The van der Waals surface area contributed by atoms with Crippen LogP contribution in [0.2, 0.25) is 0 Å². The lowest BCUT2D eigenvalue weighted by Crippen LogP contribution is -2.35. The maximum atomic E-state index is 12.2. The fraction of sp³-hybridized carbons (Fsp3) is 0.300. The van der Waals surface area contributed by atoms with Crippen LogP contribution in [0.1, 0.15) is 30.3 Å². The lowest BCUT2D eigenvalue weighted by Gasteiger charge is -2.32. The van der Waals surface area contributed by atoms with Gasteiger partial charge in [0.1, 0.15) is 5.82 Å². The molecule has 0 spiro atoms. The van der Waals surface area contributed by atoms with E-state index in [-0.39, 0.29) is 11.5 Å². The minimum atomic E-state index is -0.115. The highest BCUT2D eigenvalue weighted by Gasteiger charge is 2.24. The largest absolute Gasteiger partial charge is 0.310 e. The molecule has 1 saturated heterocycles. The van der Waals surface area contributed by atoms with Crippen molar-refractivity contribution in [2.24, 2.45) is 0 Å². The zero-order valence-corrected chi connectivity index (χ0v) is 14.5. The summed E-state index contributed by atoms with van der Waals surface area (Å²) in [6.45, 7) is 2.74. The molecule has 1 unspecified atom stereocenters. The molecule has 0 bridgehead atoms. The second-order valence-electron chi connectivity index (χ2n) is 6.65. The van der Waals surface area contributed by atoms with E-state index in [4.69, 9.17) is 4.98 Å². The highest BCUT2D eigenvalue weighted by molar-refractivity contribution is 5.56. The molecule has 6 heteroatoms. The van der Waals surface area contributed by atoms with Gasteiger partial charge >= 0.3 is 0 Å². The van der Waals surface area contributed by atoms with Crippen LogP contribution in [0.15, 0.2) is 59.8 Å². The minimum absolute atomic E-state index is 0.115. The van der Waals surface area contributed by atoms with Crippen molar-refractivity contribution in [3.8, 4) is 11.3 Å². The predicted molar refractivity (Wildman–Crippen MR) is 99.6 cm³/mol. The fourth-order valence-electron chi connectivity index (χ4n) is 3.48. The standard InChI is InChI=1S/C20H21N5O/c26-19-11-18(15-5-3-8-21-12-15)23-20(24-19)16-6-4-10-25(13-16)14-17-7-1-2-9-22-17/h1-3,5,7-9,11-12,16H,4,6,10,13-14H2,(H,23,24,26). The number of likely N-dealkylation sites (tertiary alicyclic amines) is 1. The number of aromatic amines is 1. The molecule has 26 heavy (non-hydrogen) atoms. The number of rotatable bonds is 4. The van der Waals surface area contributed by atoms with Crippen molar-refractivity contribution in [3.05, 3.63) is 76.9 Å². The predicted octanol–water partition coefficient (Wildman–Crippen LogP) is 2.61. The molecule has 3 aromatic heterocycles. The van der Waals surface area contributed by atoms with Crippen molar-refractivity contribution < 1.29 is 0 Å². The molecule has 1 atom stereocenters. The van der Waals surface area contributed by atoms with Gasteiger partial charge in [0, 0.05) is 49.2 Å². The van der Waals surface area contributed by atoms with Crippen LogP contribution in [-0.2, 0) is 6.54 Å². The zero-order valence-electron chi connectivity index (χ0n) is 14.5. The molecule has 1 aliphatic heterocycles. The zero-order chi connectivity index (χ0) is 17.8. The number of nitrogens with zero attached hydrogens (tertiary/aromatic N) is 4. The normalized spacial score (nSPS) is 17.9. The summed E-state index contributed by atoms with van der Waals surface area (Å²) in [5, 5.41) is 0. The number of pyridine rings is 2. The van der Waals surface area contributed by atoms with E-state index in [1.165, 1.54) is 6.07 Å². The van der Waals surface area contributed by atoms with Gasteiger partial charge in [-0.05, 0) is 43.7 Å². The minimum Gasteiger partial charge on any atom is -0.310 e. The Balaban J connectivity index is 1.55. The Morgan fingerprint density at radius 1 is 1.19 bits per heavy atom. The molecule has 1 N–H and O–H groups in total. The third kappa shape index (κ3) is 3.86. The Morgan fingerprint density at radius 2 is 2.15 bits per heavy atom. The maximum absolute atomic E-state index is 12.2. The number of H-pyrrole nitrogens is 1. The van der Waals surface area contributed by atoms with E-state index < -0.39 is 0 Å². The first-order chi connectivity index (χ1) is 12.8. The van der Waals surface area contributed by atoms with Crippen molar-refractivity contribution in [1.82, 2.24) is 24.8 Å². The first kappa shape index (κ1) is 16.6. The average molecular weight is 347 g/mol. The molecular formula is C20H21N5O. The van der Waals surface area contributed by atoms with Crippen LogP contribution in [0.3, 0.4) is 0 Å². The molecule has 4 heterocycles. The molecule has 4 rings (SSSR count).